The van der Waals surface area contributed by atoms with Gasteiger partial charge in [-0.25, -0.2) is 0 Å². The Balaban J connectivity index is 4.47. The van der Waals surface area contributed by atoms with Crippen LogP contribution >= 0.6 is 0 Å². The zero-order chi connectivity index (χ0) is 12.2. The van der Waals surface area contributed by atoms with Gasteiger partial charge in [-0.3, -0.25) is 10.6 Å². The van der Waals surface area contributed by atoms with Gasteiger partial charge < -0.3 is 0 Å². The SMILES string of the molecule is CC(C)NC(NC(C)C)C([SiH3])C(C)(C)C. The van der Waals surface area contributed by atoms with Crippen LogP contribution in [-0.4, -0.2) is 28.5 Å². The second-order valence-corrected chi connectivity index (χ2v) is 7.52. The minimum Gasteiger partial charge on any atom is -0.300 e. The van der Waals surface area contributed by atoms with Gasteiger partial charge in [0.25, 0.3) is 0 Å². The molecule has 0 aliphatic rings. The molecule has 0 aromatic heterocycles. The summed E-state index contributed by atoms with van der Waals surface area (Å²) in [5.74, 6) is 0. The monoisotopic (exact) mass is 230 g/mol. The van der Waals surface area contributed by atoms with Crippen molar-refractivity contribution >= 4 is 10.2 Å². The first-order chi connectivity index (χ1) is 6.64. The molecular formula is C12H30N2Si. The van der Waals surface area contributed by atoms with Gasteiger partial charge in [-0.05, 0) is 38.7 Å². The first kappa shape index (κ1) is 15.1. The molecule has 0 bridgehead atoms. The molecule has 1 atom stereocenters. The molecular weight excluding hydrogens is 200 g/mol. The first-order valence-electron chi connectivity index (χ1n) is 6.16. The van der Waals surface area contributed by atoms with Crippen LogP contribution in [0, 0.1) is 5.41 Å². The van der Waals surface area contributed by atoms with Crippen LogP contribution < -0.4 is 10.6 Å². The second-order valence-electron chi connectivity index (χ2n) is 6.28. The summed E-state index contributed by atoms with van der Waals surface area (Å²) in [6, 6.07) is 1.08. The van der Waals surface area contributed by atoms with Crippen molar-refractivity contribution in [3.05, 3.63) is 0 Å². The summed E-state index contributed by atoms with van der Waals surface area (Å²) in [6.45, 7) is 15.9. The van der Waals surface area contributed by atoms with Gasteiger partial charge in [0.2, 0.25) is 0 Å². The molecule has 0 aliphatic heterocycles. The zero-order valence-electron chi connectivity index (χ0n) is 11.8. The standard InChI is InChI=1S/C12H30N2Si/c1-8(2)13-11(14-9(3)4)10(15)12(5,6)7/h8-11,13-14H,1-7,15H3. The Hall–Kier alpha value is 0.137. The molecule has 0 saturated carbocycles. The minimum absolute atomic E-state index is 0.390. The highest BCUT2D eigenvalue weighted by Crippen LogP contribution is 2.30. The van der Waals surface area contributed by atoms with E-state index in [9.17, 15) is 0 Å². The fourth-order valence-electron chi connectivity index (χ4n) is 1.56. The van der Waals surface area contributed by atoms with Gasteiger partial charge in [0.05, 0.1) is 6.17 Å². The number of hydrogen-bond donors (Lipinski definition) is 2. The summed E-state index contributed by atoms with van der Waals surface area (Å²) >= 11 is 0. The van der Waals surface area contributed by atoms with E-state index in [0.717, 1.165) is 5.54 Å². The molecule has 0 fully saturated rings. The average Bonchev–Trinajstić information content (AvgIpc) is 1.98. The Bertz CT molecular complexity index is 163. The van der Waals surface area contributed by atoms with E-state index in [2.05, 4.69) is 59.1 Å². The molecule has 0 saturated heterocycles. The van der Waals surface area contributed by atoms with Crippen molar-refractivity contribution in [2.24, 2.45) is 5.41 Å². The van der Waals surface area contributed by atoms with Gasteiger partial charge in [-0.15, -0.1) is 0 Å². The van der Waals surface area contributed by atoms with Crippen molar-refractivity contribution in [3.8, 4) is 0 Å². The van der Waals surface area contributed by atoms with E-state index in [4.69, 9.17) is 0 Å². The van der Waals surface area contributed by atoms with Crippen LogP contribution in [0.4, 0.5) is 0 Å². The summed E-state index contributed by atoms with van der Waals surface area (Å²) in [5.41, 5.74) is 1.13. The van der Waals surface area contributed by atoms with Gasteiger partial charge in [0.15, 0.2) is 0 Å². The first-order valence-corrected chi connectivity index (χ1v) is 7.32. The van der Waals surface area contributed by atoms with E-state index in [-0.39, 0.29) is 0 Å². The van der Waals surface area contributed by atoms with Gasteiger partial charge >= 0.3 is 0 Å². The zero-order valence-corrected chi connectivity index (χ0v) is 13.8. The molecule has 2 nitrogen and oxygen atoms in total. The second kappa shape index (κ2) is 6.02. The highest BCUT2D eigenvalue weighted by atomic mass is 28.1. The van der Waals surface area contributed by atoms with Crippen molar-refractivity contribution in [3.63, 3.8) is 0 Å². The normalized spacial score (nSPS) is 15.6. The lowest BCUT2D eigenvalue weighted by atomic mass is 9.89. The predicted molar refractivity (Wildman–Crippen MR) is 73.5 cm³/mol. The molecule has 0 heterocycles. The lowest BCUT2D eigenvalue weighted by molar-refractivity contribution is 0.255. The molecule has 0 spiro atoms. The molecule has 3 heteroatoms. The van der Waals surface area contributed by atoms with Crippen molar-refractivity contribution < 1.29 is 0 Å². The number of rotatable bonds is 5. The maximum absolute atomic E-state index is 3.64. The minimum atomic E-state index is 0.390. The number of hydrogen-bond acceptors (Lipinski definition) is 2. The van der Waals surface area contributed by atoms with E-state index in [1.54, 1.807) is 0 Å². The van der Waals surface area contributed by atoms with Gasteiger partial charge in [0.1, 0.15) is 0 Å². The van der Waals surface area contributed by atoms with E-state index in [0.29, 0.717) is 23.7 Å². The van der Waals surface area contributed by atoms with E-state index in [1.807, 2.05) is 0 Å². The molecule has 0 rings (SSSR count). The van der Waals surface area contributed by atoms with Crippen LogP contribution in [0.2, 0.25) is 5.54 Å². The smallest absolute Gasteiger partial charge is 0.0576 e. The van der Waals surface area contributed by atoms with Crippen LogP contribution in [0.1, 0.15) is 48.5 Å². The molecule has 0 aromatic rings. The molecule has 2 N–H and O–H groups in total. The predicted octanol–water partition coefficient (Wildman–Crippen LogP) is 1.51. The highest BCUT2D eigenvalue weighted by molar-refractivity contribution is 6.12. The summed E-state index contributed by atoms with van der Waals surface area (Å²) in [4.78, 5) is 0. The Morgan fingerprint density at radius 3 is 1.40 bits per heavy atom. The third-order valence-electron chi connectivity index (χ3n) is 2.89. The van der Waals surface area contributed by atoms with Crippen LogP contribution in [-0.2, 0) is 0 Å². The highest BCUT2D eigenvalue weighted by Gasteiger charge is 2.28. The van der Waals surface area contributed by atoms with Crippen LogP contribution in [0.25, 0.3) is 0 Å². The van der Waals surface area contributed by atoms with Crippen molar-refractivity contribution in [1.82, 2.24) is 10.6 Å². The maximum atomic E-state index is 3.64. The van der Waals surface area contributed by atoms with Crippen LogP contribution in [0.3, 0.4) is 0 Å². The van der Waals surface area contributed by atoms with Crippen LogP contribution in [0.5, 0.6) is 0 Å². The van der Waals surface area contributed by atoms with Gasteiger partial charge in [0, 0.05) is 22.3 Å². The lowest BCUT2D eigenvalue weighted by Gasteiger charge is -2.37. The quantitative estimate of drug-likeness (QED) is 0.553. The fraction of sp³-hybridized carbons (Fsp3) is 1.00. The molecule has 92 valence electrons. The van der Waals surface area contributed by atoms with Crippen molar-refractivity contribution in [1.29, 1.82) is 0 Å². The molecule has 0 amide bonds. The summed E-state index contributed by atoms with van der Waals surface area (Å²) in [6.07, 6.45) is 0.455. The Morgan fingerprint density at radius 1 is 0.867 bits per heavy atom. The molecule has 15 heavy (non-hydrogen) atoms. The molecule has 1 unspecified atom stereocenters. The fourth-order valence-corrected chi connectivity index (χ4v) is 1.94. The molecule has 0 radical (unpaired) electrons. The van der Waals surface area contributed by atoms with Crippen LogP contribution in [0.15, 0.2) is 0 Å². The Kier molecular flexibility index (Phi) is 6.07. The Labute approximate surface area is 99.0 Å². The third-order valence-corrected chi connectivity index (χ3v) is 5.29. The van der Waals surface area contributed by atoms with Gasteiger partial charge in [-0.1, -0.05) is 20.8 Å². The van der Waals surface area contributed by atoms with E-state index >= 15 is 0 Å². The molecule has 0 aromatic carbocycles. The summed E-state index contributed by atoms with van der Waals surface area (Å²) in [5, 5.41) is 7.28. The number of nitrogens with one attached hydrogen (secondary N) is 2. The maximum Gasteiger partial charge on any atom is 0.0576 e. The molecule has 0 aliphatic carbocycles. The third kappa shape index (κ3) is 6.33. The van der Waals surface area contributed by atoms with Crippen molar-refractivity contribution in [2.75, 3.05) is 0 Å². The summed E-state index contributed by atoms with van der Waals surface area (Å²) in [7, 11) is 1.22. The van der Waals surface area contributed by atoms with E-state index in [1.165, 1.54) is 10.2 Å². The topological polar surface area (TPSA) is 24.1 Å². The lowest BCUT2D eigenvalue weighted by Crippen LogP contribution is -2.53. The van der Waals surface area contributed by atoms with Crippen molar-refractivity contribution in [2.45, 2.75) is 72.3 Å². The average molecular weight is 230 g/mol. The van der Waals surface area contributed by atoms with Gasteiger partial charge in [-0.2, -0.15) is 0 Å². The summed E-state index contributed by atoms with van der Waals surface area (Å²) < 4.78 is 0. The Morgan fingerprint density at radius 2 is 1.20 bits per heavy atom. The van der Waals surface area contributed by atoms with E-state index < -0.39 is 0 Å². The largest absolute Gasteiger partial charge is 0.300 e.